The molecule has 0 aromatic heterocycles. The third-order valence-corrected chi connectivity index (χ3v) is 5.81. The summed E-state index contributed by atoms with van der Waals surface area (Å²) in [5.41, 5.74) is -0.320. The first-order valence-corrected chi connectivity index (χ1v) is 8.97. The first-order chi connectivity index (χ1) is 11.2. The standard InChI is InChI=1S/C17H31N3O3.2ClH/c1-14-11-20(12-15(14)19-7-9-23-10-8-19)16(21)17(13-22-2)3-5-18-6-4-17;;/h14-15,18H,3-13H2,1-2H3;2*1H. The third-order valence-electron chi connectivity index (χ3n) is 5.81. The fourth-order valence-electron chi connectivity index (χ4n) is 4.44. The highest BCUT2D eigenvalue weighted by Gasteiger charge is 2.46. The van der Waals surface area contributed by atoms with Gasteiger partial charge in [0.25, 0.3) is 0 Å². The van der Waals surface area contributed by atoms with Crippen LogP contribution in [-0.4, -0.2) is 87.9 Å². The lowest BCUT2D eigenvalue weighted by molar-refractivity contribution is -0.146. The molecule has 0 saturated carbocycles. The summed E-state index contributed by atoms with van der Waals surface area (Å²) < 4.78 is 10.9. The first-order valence-electron chi connectivity index (χ1n) is 8.97. The summed E-state index contributed by atoms with van der Waals surface area (Å²) in [5, 5.41) is 3.36. The van der Waals surface area contributed by atoms with E-state index in [9.17, 15) is 4.79 Å². The maximum Gasteiger partial charge on any atom is 0.231 e. The molecule has 148 valence electrons. The molecule has 1 amide bonds. The van der Waals surface area contributed by atoms with Crippen molar-refractivity contribution in [2.45, 2.75) is 25.8 Å². The van der Waals surface area contributed by atoms with Crippen LogP contribution in [0.15, 0.2) is 0 Å². The van der Waals surface area contributed by atoms with E-state index >= 15 is 0 Å². The highest BCUT2D eigenvalue weighted by atomic mass is 35.5. The molecule has 1 N–H and O–H groups in total. The van der Waals surface area contributed by atoms with Crippen molar-refractivity contribution in [1.82, 2.24) is 15.1 Å². The number of hydrogen-bond donors (Lipinski definition) is 1. The van der Waals surface area contributed by atoms with Crippen molar-refractivity contribution in [3.8, 4) is 0 Å². The molecule has 2 unspecified atom stereocenters. The number of morpholine rings is 1. The SMILES string of the molecule is COCC1(C(=O)N2CC(C)C(N3CCOCC3)C2)CCNCC1.Cl.Cl. The molecule has 2 atom stereocenters. The van der Waals surface area contributed by atoms with E-state index in [1.54, 1.807) is 7.11 Å². The zero-order valence-electron chi connectivity index (χ0n) is 15.4. The molecule has 0 aromatic carbocycles. The Labute approximate surface area is 163 Å². The van der Waals surface area contributed by atoms with Crippen LogP contribution in [0, 0.1) is 11.3 Å². The lowest BCUT2D eigenvalue weighted by Gasteiger charge is -2.39. The van der Waals surface area contributed by atoms with Crippen molar-refractivity contribution in [3.05, 3.63) is 0 Å². The molecule has 0 radical (unpaired) electrons. The first kappa shape index (κ1) is 22.9. The molecule has 25 heavy (non-hydrogen) atoms. The fraction of sp³-hybridized carbons (Fsp3) is 0.941. The average Bonchev–Trinajstić information content (AvgIpc) is 2.98. The molecule has 3 saturated heterocycles. The Morgan fingerprint density at radius 2 is 1.84 bits per heavy atom. The van der Waals surface area contributed by atoms with Gasteiger partial charge in [-0.15, -0.1) is 24.8 Å². The zero-order chi connectivity index (χ0) is 16.3. The van der Waals surface area contributed by atoms with Crippen molar-refractivity contribution in [3.63, 3.8) is 0 Å². The summed E-state index contributed by atoms with van der Waals surface area (Å²) in [6.45, 7) is 9.98. The molecular weight excluding hydrogens is 365 g/mol. The predicted molar refractivity (Wildman–Crippen MR) is 103 cm³/mol. The second-order valence-electron chi connectivity index (χ2n) is 7.37. The summed E-state index contributed by atoms with van der Waals surface area (Å²) in [4.78, 5) is 17.9. The van der Waals surface area contributed by atoms with Gasteiger partial charge in [0.15, 0.2) is 0 Å². The van der Waals surface area contributed by atoms with Crippen LogP contribution in [0.4, 0.5) is 0 Å². The Hall–Kier alpha value is -0.110. The van der Waals surface area contributed by atoms with Gasteiger partial charge in [-0.1, -0.05) is 6.92 Å². The topological polar surface area (TPSA) is 54.0 Å². The number of rotatable bonds is 4. The lowest BCUT2D eigenvalue weighted by atomic mass is 9.78. The minimum atomic E-state index is -0.320. The van der Waals surface area contributed by atoms with Gasteiger partial charge in [-0.2, -0.15) is 0 Å². The Morgan fingerprint density at radius 3 is 2.44 bits per heavy atom. The molecule has 0 aliphatic carbocycles. The van der Waals surface area contributed by atoms with E-state index < -0.39 is 0 Å². The summed E-state index contributed by atoms with van der Waals surface area (Å²) in [5.74, 6) is 0.835. The number of ether oxygens (including phenoxy) is 2. The molecule has 6 nitrogen and oxygen atoms in total. The largest absolute Gasteiger partial charge is 0.384 e. The maximum atomic E-state index is 13.3. The Kier molecular flexibility index (Phi) is 9.43. The number of likely N-dealkylation sites (tertiary alicyclic amines) is 1. The number of nitrogens with one attached hydrogen (secondary N) is 1. The summed E-state index contributed by atoms with van der Waals surface area (Å²) in [6, 6.07) is 0.476. The Balaban J connectivity index is 0.00000156. The molecule has 0 spiro atoms. The van der Waals surface area contributed by atoms with Gasteiger partial charge in [0.2, 0.25) is 5.91 Å². The van der Waals surface area contributed by atoms with E-state index in [0.717, 1.165) is 65.3 Å². The monoisotopic (exact) mass is 397 g/mol. The number of amides is 1. The molecule has 8 heteroatoms. The number of halogens is 2. The summed E-state index contributed by atoms with van der Waals surface area (Å²) in [6.07, 6.45) is 1.76. The van der Waals surface area contributed by atoms with Crippen LogP contribution in [0.1, 0.15) is 19.8 Å². The number of piperidine rings is 1. The van der Waals surface area contributed by atoms with E-state index in [2.05, 4.69) is 22.0 Å². The minimum Gasteiger partial charge on any atom is -0.384 e. The van der Waals surface area contributed by atoms with Crippen molar-refractivity contribution in [2.75, 3.05) is 66.2 Å². The molecule has 0 bridgehead atoms. The molecule has 3 heterocycles. The number of carbonyl (C=O) groups excluding carboxylic acids is 1. The molecule has 3 aliphatic heterocycles. The van der Waals surface area contributed by atoms with Crippen LogP contribution >= 0.6 is 24.8 Å². The van der Waals surface area contributed by atoms with Gasteiger partial charge >= 0.3 is 0 Å². The number of carbonyl (C=O) groups is 1. The zero-order valence-corrected chi connectivity index (χ0v) is 17.0. The predicted octanol–water partition coefficient (Wildman–Crippen LogP) is 1.03. The molecule has 3 fully saturated rings. The van der Waals surface area contributed by atoms with Crippen LogP contribution in [-0.2, 0) is 14.3 Å². The third kappa shape index (κ3) is 4.99. The van der Waals surface area contributed by atoms with Gasteiger partial charge < -0.3 is 19.7 Å². The molecule has 0 aromatic rings. The molecular formula is C17H33Cl2N3O3. The van der Waals surface area contributed by atoms with Gasteiger partial charge in [0, 0.05) is 39.3 Å². The number of nitrogens with zero attached hydrogens (tertiary/aromatic N) is 2. The number of hydrogen-bond acceptors (Lipinski definition) is 5. The van der Waals surface area contributed by atoms with E-state index in [-0.39, 0.29) is 30.2 Å². The van der Waals surface area contributed by atoms with Crippen LogP contribution in [0.25, 0.3) is 0 Å². The van der Waals surface area contributed by atoms with Gasteiger partial charge in [-0.25, -0.2) is 0 Å². The van der Waals surface area contributed by atoms with Crippen molar-refractivity contribution in [2.24, 2.45) is 11.3 Å². The number of methoxy groups -OCH3 is 1. The van der Waals surface area contributed by atoms with Crippen LogP contribution in [0.2, 0.25) is 0 Å². The Bertz CT molecular complexity index is 410. The average molecular weight is 398 g/mol. The maximum absolute atomic E-state index is 13.3. The minimum absolute atomic E-state index is 0. The van der Waals surface area contributed by atoms with Crippen LogP contribution in [0.3, 0.4) is 0 Å². The van der Waals surface area contributed by atoms with Gasteiger partial charge in [0.05, 0.1) is 25.2 Å². The van der Waals surface area contributed by atoms with E-state index in [0.29, 0.717) is 24.5 Å². The van der Waals surface area contributed by atoms with Crippen LogP contribution in [0.5, 0.6) is 0 Å². The highest BCUT2D eigenvalue weighted by Crippen LogP contribution is 2.34. The second-order valence-corrected chi connectivity index (χ2v) is 7.37. The lowest BCUT2D eigenvalue weighted by Crippen LogP contribution is -2.52. The van der Waals surface area contributed by atoms with E-state index in [1.165, 1.54) is 0 Å². The molecule has 3 aliphatic rings. The summed E-state index contributed by atoms with van der Waals surface area (Å²) in [7, 11) is 1.71. The van der Waals surface area contributed by atoms with Gasteiger partial charge in [-0.05, 0) is 31.8 Å². The van der Waals surface area contributed by atoms with Crippen molar-refractivity contribution >= 4 is 30.7 Å². The van der Waals surface area contributed by atoms with Gasteiger partial charge in [-0.3, -0.25) is 9.69 Å². The summed E-state index contributed by atoms with van der Waals surface area (Å²) >= 11 is 0. The quantitative estimate of drug-likeness (QED) is 0.767. The van der Waals surface area contributed by atoms with Crippen LogP contribution < -0.4 is 5.32 Å². The van der Waals surface area contributed by atoms with E-state index in [4.69, 9.17) is 9.47 Å². The highest BCUT2D eigenvalue weighted by molar-refractivity contribution is 5.85. The normalized spacial score (nSPS) is 29.6. The fourth-order valence-corrected chi connectivity index (χ4v) is 4.44. The molecule has 3 rings (SSSR count). The second kappa shape index (κ2) is 10.3. The Morgan fingerprint density at radius 1 is 1.20 bits per heavy atom. The van der Waals surface area contributed by atoms with E-state index in [1.807, 2.05) is 0 Å². The van der Waals surface area contributed by atoms with Crippen molar-refractivity contribution in [1.29, 1.82) is 0 Å². The van der Waals surface area contributed by atoms with Gasteiger partial charge in [0.1, 0.15) is 0 Å². The van der Waals surface area contributed by atoms with Crippen molar-refractivity contribution < 1.29 is 14.3 Å². The smallest absolute Gasteiger partial charge is 0.231 e.